The second kappa shape index (κ2) is 7.41. The number of amides is 1. The smallest absolute Gasteiger partial charge is 0.277 e. The van der Waals surface area contributed by atoms with Gasteiger partial charge in [0.05, 0.1) is 24.5 Å². The van der Waals surface area contributed by atoms with Crippen molar-refractivity contribution >= 4 is 34.0 Å². The predicted molar refractivity (Wildman–Crippen MR) is 85.8 cm³/mol. The van der Waals surface area contributed by atoms with E-state index in [9.17, 15) is 22.0 Å². The molecule has 1 fully saturated rings. The average molecular weight is 370 g/mol. The summed E-state index contributed by atoms with van der Waals surface area (Å²) in [6.45, 7) is -1.38. The molecule has 0 radical (unpaired) electrons. The van der Waals surface area contributed by atoms with Gasteiger partial charge in [0.25, 0.3) is 11.8 Å². The van der Waals surface area contributed by atoms with Crippen molar-refractivity contribution in [2.24, 2.45) is 5.73 Å². The molecule has 0 atom stereocenters. The summed E-state index contributed by atoms with van der Waals surface area (Å²) in [6, 6.07) is 5.88. The number of carbonyl (C=O) groups is 1. The molecule has 0 bridgehead atoms. The van der Waals surface area contributed by atoms with Gasteiger partial charge in [0.1, 0.15) is 0 Å². The minimum absolute atomic E-state index is 0. The number of sulfonamides is 1. The van der Waals surface area contributed by atoms with Crippen LogP contribution in [0.3, 0.4) is 0 Å². The molecule has 1 aliphatic heterocycles. The van der Waals surface area contributed by atoms with Gasteiger partial charge in [-0.2, -0.15) is 0 Å². The summed E-state index contributed by atoms with van der Waals surface area (Å²) in [5, 5.41) is 2.09. The van der Waals surface area contributed by atoms with Crippen LogP contribution in [-0.4, -0.2) is 45.6 Å². The maximum atomic E-state index is 13.0. The summed E-state index contributed by atoms with van der Waals surface area (Å²) in [7, 11) is -3.36. The molecule has 1 aliphatic rings. The molecule has 1 amide bonds. The third-order valence-corrected chi connectivity index (χ3v) is 5.17. The third kappa shape index (κ3) is 4.76. The average Bonchev–Trinajstić information content (AvgIpc) is 2.84. The minimum Gasteiger partial charge on any atom is -0.346 e. The summed E-state index contributed by atoms with van der Waals surface area (Å²) >= 11 is 0. The SMILES string of the molecule is Cl.NCC(F)(F)CNC(=O)c1cccc(N2CCCS2(=O)=O)c1. The van der Waals surface area contributed by atoms with Gasteiger partial charge < -0.3 is 11.1 Å². The lowest BCUT2D eigenvalue weighted by Gasteiger charge is -2.18. The highest BCUT2D eigenvalue weighted by Crippen LogP contribution is 2.24. The Labute approximate surface area is 139 Å². The first-order valence-corrected chi connectivity index (χ1v) is 8.33. The van der Waals surface area contributed by atoms with Crippen LogP contribution < -0.4 is 15.4 Å². The van der Waals surface area contributed by atoms with Crippen LogP contribution in [0.25, 0.3) is 0 Å². The molecular formula is C13H18ClF2N3O3S. The molecule has 3 N–H and O–H groups in total. The van der Waals surface area contributed by atoms with Crippen molar-refractivity contribution in [3.05, 3.63) is 29.8 Å². The van der Waals surface area contributed by atoms with Crippen LogP contribution in [0.4, 0.5) is 14.5 Å². The van der Waals surface area contributed by atoms with Crippen molar-refractivity contribution in [3.8, 4) is 0 Å². The number of alkyl halides is 2. The van der Waals surface area contributed by atoms with Crippen LogP contribution in [0.2, 0.25) is 0 Å². The first kappa shape index (κ1) is 19.6. The second-order valence-electron chi connectivity index (χ2n) is 5.03. The number of nitrogens with zero attached hydrogens (tertiary/aromatic N) is 1. The van der Waals surface area contributed by atoms with Crippen LogP contribution in [0.5, 0.6) is 0 Å². The Morgan fingerprint density at radius 1 is 1.39 bits per heavy atom. The van der Waals surface area contributed by atoms with Gasteiger partial charge in [0.15, 0.2) is 0 Å². The molecule has 1 heterocycles. The van der Waals surface area contributed by atoms with Crippen molar-refractivity contribution in [1.82, 2.24) is 5.32 Å². The topological polar surface area (TPSA) is 92.5 Å². The summed E-state index contributed by atoms with van der Waals surface area (Å²) < 4.78 is 51.0. The molecule has 10 heteroatoms. The molecule has 0 spiro atoms. The van der Waals surface area contributed by atoms with Crippen molar-refractivity contribution in [2.75, 3.05) is 29.7 Å². The Morgan fingerprint density at radius 2 is 2.09 bits per heavy atom. The van der Waals surface area contributed by atoms with Gasteiger partial charge in [-0.3, -0.25) is 9.10 Å². The summed E-state index contributed by atoms with van der Waals surface area (Å²) in [5.41, 5.74) is 5.37. The first-order chi connectivity index (χ1) is 10.2. The standard InChI is InChI=1S/C13H17F2N3O3S.ClH/c14-13(15,8-16)9-17-12(19)10-3-1-4-11(7-10)18-5-2-6-22(18,20)21;/h1,3-4,7H,2,5-6,8-9,16H2,(H,17,19);1H. The monoisotopic (exact) mass is 369 g/mol. The molecule has 0 unspecified atom stereocenters. The van der Waals surface area contributed by atoms with Gasteiger partial charge in [-0.05, 0) is 24.6 Å². The second-order valence-corrected chi connectivity index (χ2v) is 7.05. The van der Waals surface area contributed by atoms with Crippen LogP contribution in [0.15, 0.2) is 24.3 Å². The van der Waals surface area contributed by atoms with Gasteiger partial charge in [-0.15, -0.1) is 12.4 Å². The molecule has 0 aromatic heterocycles. The Kier molecular flexibility index (Phi) is 6.32. The van der Waals surface area contributed by atoms with E-state index in [4.69, 9.17) is 5.73 Å². The number of nitrogens with one attached hydrogen (secondary N) is 1. The summed E-state index contributed by atoms with van der Waals surface area (Å²) in [6.07, 6.45) is 0.515. The van der Waals surface area contributed by atoms with Crippen molar-refractivity contribution in [2.45, 2.75) is 12.3 Å². The van der Waals surface area contributed by atoms with Crippen LogP contribution in [0, 0.1) is 0 Å². The fourth-order valence-corrected chi connectivity index (χ4v) is 3.67. The van der Waals surface area contributed by atoms with E-state index >= 15 is 0 Å². The fraction of sp³-hybridized carbons (Fsp3) is 0.462. The van der Waals surface area contributed by atoms with E-state index < -0.39 is 34.9 Å². The minimum atomic E-state index is -3.36. The maximum Gasteiger partial charge on any atom is 0.277 e. The number of nitrogens with two attached hydrogens (primary N) is 1. The molecule has 1 saturated heterocycles. The molecular weight excluding hydrogens is 352 g/mol. The van der Waals surface area contributed by atoms with Crippen LogP contribution in [-0.2, 0) is 10.0 Å². The molecule has 0 saturated carbocycles. The third-order valence-electron chi connectivity index (χ3n) is 3.30. The molecule has 23 heavy (non-hydrogen) atoms. The lowest BCUT2D eigenvalue weighted by Crippen LogP contribution is -2.41. The van der Waals surface area contributed by atoms with E-state index in [1.807, 2.05) is 0 Å². The Balaban J connectivity index is 0.00000264. The van der Waals surface area contributed by atoms with Gasteiger partial charge in [-0.1, -0.05) is 6.07 Å². The van der Waals surface area contributed by atoms with Gasteiger partial charge in [0, 0.05) is 12.1 Å². The Morgan fingerprint density at radius 3 is 2.65 bits per heavy atom. The zero-order valence-electron chi connectivity index (χ0n) is 12.2. The van der Waals surface area contributed by atoms with Crippen molar-refractivity contribution in [1.29, 1.82) is 0 Å². The zero-order valence-corrected chi connectivity index (χ0v) is 13.8. The highest BCUT2D eigenvalue weighted by atomic mass is 35.5. The van der Waals surface area contributed by atoms with E-state index in [0.717, 1.165) is 0 Å². The molecule has 130 valence electrons. The normalized spacial score (nSPS) is 16.7. The quantitative estimate of drug-likeness (QED) is 0.809. The number of halogens is 3. The predicted octanol–water partition coefficient (Wildman–Crippen LogP) is 0.972. The zero-order chi connectivity index (χ0) is 16.4. The van der Waals surface area contributed by atoms with E-state index in [1.54, 1.807) is 6.07 Å². The number of benzene rings is 1. The number of carbonyl (C=O) groups excluding carboxylic acids is 1. The summed E-state index contributed by atoms with van der Waals surface area (Å²) in [5.74, 6) is -3.82. The number of anilines is 1. The lowest BCUT2D eigenvalue weighted by molar-refractivity contribution is 0.0118. The highest BCUT2D eigenvalue weighted by molar-refractivity contribution is 7.93. The van der Waals surface area contributed by atoms with Gasteiger partial charge in [-0.25, -0.2) is 17.2 Å². The van der Waals surface area contributed by atoms with Crippen molar-refractivity contribution < 1.29 is 22.0 Å². The maximum absolute atomic E-state index is 13.0. The van der Waals surface area contributed by atoms with E-state index in [2.05, 4.69) is 5.32 Å². The Hall–Kier alpha value is -1.45. The van der Waals surface area contributed by atoms with Crippen LogP contribution >= 0.6 is 12.4 Å². The Bertz CT molecular complexity index is 670. The molecule has 0 aliphatic carbocycles. The highest BCUT2D eigenvalue weighted by Gasteiger charge is 2.29. The molecule has 1 aromatic rings. The van der Waals surface area contributed by atoms with Gasteiger partial charge >= 0.3 is 0 Å². The lowest BCUT2D eigenvalue weighted by atomic mass is 10.2. The van der Waals surface area contributed by atoms with Crippen LogP contribution in [0.1, 0.15) is 16.8 Å². The molecule has 1 aromatic carbocycles. The van der Waals surface area contributed by atoms with E-state index in [1.165, 1.54) is 22.5 Å². The summed E-state index contributed by atoms with van der Waals surface area (Å²) in [4.78, 5) is 11.9. The molecule has 2 rings (SSSR count). The van der Waals surface area contributed by atoms with Gasteiger partial charge in [0.2, 0.25) is 10.0 Å². The van der Waals surface area contributed by atoms with E-state index in [-0.39, 0.29) is 23.7 Å². The fourth-order valence-electron chi connectivity index (χ4n) is 2.12. The van der Waals surface area contributed by atoms with Crippen molar-refractivity contribution in [3.63, 3.8) is 0 Å². The first-order valence-electron chi connectivity index (χ1n) is 6.72. The largest absolute Gasteiger partial charge is 0.346 e. The van der Waals surface area contributed by atoms with E-state index in [0.29, 0.717) is 18.7 Å². The molecule has 6 nitrogen and oxygen atoms in total. The number of rotatable bonds is 5. The number of hydrogen-bond acceptors (Lipinski definition) is 4. The number of hydrogen-bond donors (Lipinski definition) is 2.